The van der Waals surface area contributed by atoms with E-state index in [1.165, 1.54) is 13.8 Å². The zero-order valence-electron chi connectivity index (χ0n) is 19.9. The maximum atomic E-state index is 13.5. The number of aliphatic hydroxyl groups excluding tert-OH is 1. The van der Waals surface area contributed by atoms with Crippen LogP contribution in [0.25, 0.3) is 0 Å². The maximum Gasteiger partial charge on any atom is 0.303 e. The third-order valence-electron chi connectivity index (χ3n) is 9.21. The van der Waals surface area contributed by atoms with Gasteiger partial charge < -0.3 is 29.2 Å². The van der Waals surface area contributed by atoms with Gasteiger partial charge in [-0.1, -0.05) is 13.8 Å². The average molecular weight is 469 g/mol. The van der Waals surface area contributed by atoms with Gasteiger partial charge in [0.05, 0.1) is 12.2 Å². The van der Waals surface area contributed by atoms with Crippen LogP contribution < -0.4 is 0 Å². The Morgan fingerprint density at radius 1 is 1.21 bits per heavy atom. The third-order valence-corrected chi connectivity index (χ3v) is 9.21. The van der Waals surface area contributed by atoms with Crippen LogP contribution in [0.5, 0.6) is 0 Å². The predicted molar refractivity (Wildman–Crippen MR) is 114 cm³/mol. The summed E-state index contributed by atoms with van der Waals surface area (Å²) in [7, 11) is 0. The van der Waals surface area contributed by atoms with E-state index in [4.69, 9.17) is 18.9 Å². The highest BCUT2D eigenvalue weighted by Gasteiger charge is 2.85. The second-order valence-corrected chi connectivity index (χ2v) is 10.6. The van der Waals surface area contributed by atoms with Crippen molar-refractivity contribution in [2.45, 2.75) is 83.2 Å². The lowest BCUT2D eigenvalue weighted by atomic mass is 9.39. The Bertz CT molecular complexity index is 817. The van der Waals surface area contributed by atoms with Crippen molar-refractivity contribution in [2.75, 3.05) is 26.4 Å². The molecular formula is C24H36O9. The van der Waals surface area contributed by atoms with Crippen molar-refractivity contribution in [1.82, 2.24) is 0 Å². The molecule has 0 bridgehead atoms. The monoisotopic (exact) mass is 468 g/mol. The first-order valence-electron chi connectivity index (χ1n) is 11.9. The van der Waals surface area contributed by atoms with E-state index in [0.717, 1.165) is 12.8 Å². The van der Waals surface area contributed by atoms with Crippen LogP contribution in [-0.4, -0.2) is 77.8 Å². The van der Waals surface area contributed by atoms with E-state index >= 15 is 0 Å². The van der Waals surface area contributed by atoms with Crippen LogP contribution >= 0.6 is 0 Å². The molecule has 4 rings (SSSR count). The maximum absolute atomic E-state index is 13.5. The highest BCUT2D eigenvalue weighted by Crippen LogP contribution is 2.70. The van der Waals surface area contributed by atoms with Gasteiger partial charge in [-0.15, -0.1) is 0 Å². The Morgan fingerprint density at radius 2 is 1.91 bits per heavy atom. The number of aliphatic hydroxyl groups is 2. The molecule has 2 N–H and O–H groups in total. The molecule has 0 aromatic carbocycles. The Balaban J connectivity index is 1.81. The minimum Gasteiger partial charge on any atom is -0.465 e. The second kappa shape index (κ2) is 8.29. The number of carbonyl (C=O) groups excluding carboxylic acids is 3. The molecule has 1 spiro atoms. The van der Waals surface area contributed by atoms with Gasteiger partial charge in [-0.2, -0.15) is 0 Å². The minimum absolute atomic E-state index is 0.0831. The summed E-state index contributed by atoms with van der Waals surface area (Å²) in [4.78, 5) is 37.2. The van der Waals surface area contributed by atoms with E-state index in [-0.39, 0.29) is 13.0 Å². The van der Waals surface area contributed by atoms with E-state index in [0.29, 0.717) is 32.0 Å². The molecular weight excluding hydrogens is 432 g/mol. The molecule has 1 unspecified atom stereocenters. The van der Waals surface area contributed by atoms with Crippen LogP contribution in [0.3, 0.4) is 0 Å². The van der Waals surface area contributed by atoms with Crippen molar-refractivity contribution < 1.29 is 43.5 Å². The second-order valence-electron chi connectivity index (χ2n) is 10.6. The SMILES string of the molecule is CC(=O)OC[C@@]12[C@@H](O)C(=O)[C@@H](C)[C@](C)(CCC3CCOC3)[C@@]1(O)CC[C@H](OC(C)=O)[C@]21CO1. The van der Waals surface area contributed by atoms with Gasteiger partial charge in [0.2, 0.25) is 0 Å². The molecule has 8 atom stereocenters. The normalized spacial score (nSPS) is 46.7. The number of epoxide rings is 1. The van der Waals surface area contributed by atoms with E-state index < -0.39 is 64.5 Å². The number of hydrogen-bond donors (Lipinski definition) is 2. The van der Waals surface area contributed by atoms with Crippen LogP contribution in [0.15, 0.2) is 0 Å². The van der Waals surface area contributed by atoms with Gasteiger partial charge in [-0.05, 0) is 38.0 Å². The van der Waals surface area contributed by atoms with Crippen molar-refractivity contribution in [3.63, 3.8) is 0 Å². The number of esters is 2. The fourth-order valence-electron chi connectivity index (χ4n) is 6.99. The summed E-state index contributed by atoms with van der Waals surface area (Å²) in [5.74, 6) is -1.83. The average Bonchev–Trinajstić information content (AvgIpc) is 3.37. The summed E-state index contributed by atoms with van der Waals surface area (Å²) in [5.41, 5.74) is -5.50. The van der Waals surface area contributed by atoms with Crippen LogP contribution in [0.4, 0.5) is 0 Å². The predicted octanol–water partition coefficient (Wildman–Crippen LogP) is 1.16. The Hall–Kier alpha value is -1.55. The molecule has 2 heterocycles. The first-order chi connectivity index (χ1) is 15.4. The Morgan fingerprint density at radius 3 is 2.45 bits per heavy atom. The Labute approximate surface area is 194 Å². The molecule has 2 aliphatic heterocycles. The standard InChI is InChI=1S/C24H36O9/c1-14-19(27)20(28)22(12-31-15(2)25)23(13-32-23)18(33-16(3)26)6-9-24(22,29)21(14,4)8-5-17-7-10-30-11-17/h14,17-18,20,28-29H,5-13H2,1-4H3/t14-,17?,18+,20+,21+,22+,23-,24+/m1/s1. The van der Waals surface area contributed by atoms with Gasteiger partial charge in [0.1, 0.15) is 29.8 Å². The van der Waals surface area contributed by atoms with Crippen LogP contribution in [0, 0.1) is 22.7 Å². The topological polar surface area (TPSA) is 132 Å². The van der Waals surface area contributed by atoms with Gasteiger partial charge in [0.15, 0.2) is 5.78 Å². The zero-order chi connectivity index (χ0) is 24.2. The smallest absolute Gasteiger partial charge is 0.303 e. The molecule has 0 radical (unpaired) electrons. The van der Waals surface area contributed by atoms with Crippen molar-refractivity contribution in [2.24, 2.45) is 22.7 Å². The molecule has 9 nitrogen and oxygen atoms in total. The summed E-state index contributed by atoms with van der Waals surface area (Å²) in [5, 5.41) is 24.0. The molecule has 186 valence electrons. The van der Waals surface area contributed by atoms with E-state index in [2.05, 4.69) is 0 Å². The number of carbonyl (C=O) groups is 3. The number of rotatable bonds is 6. The zero-order valence-corrected chi connectivity index (χ0v) is 19.9. The van der Waals surface area contributed by atoms with Gasteiger partial charge in [0, 0.05) is 38.4 Å². The lowest BCUT2D eigenvalue weighted by molar-refractivity contribution is -0.305. The van der Waals surface area contributed by atoms with Crippen LogP contribution in [-0.2, 0) is 33.3 Å². The Kier molecular flexibility index (Phi) is 6.17. The molecule has 9 heteroatoms. The minimum atomic E-state index is -1.66. The molecule has 0 aromatic heterocycles. The largest absolute Gasteiger partial charge is 0.465 e. The summed E-state index contributed by atoms with van der Waals surface area (Å²) in [6.07, 6.45) is 0.302. The lowest BCUT2D eigenvalue weighted by Crippen LogP contribution is -2.81. The quantitative estimate of drug-likeness (QED) is 0.435. The molecule has 4 fully saturated rings. The molecule has 2 saturated heterocycles. The van der Waals surface area contributed by atoms with Crippen molar-refractivity contribution in [1.29, 1.82) is 0 Å². The first kappa shape index (κ1) is 24.6. The third kappa shape index (κ3) is 3.38. The number of Topliss-reactive ketones (excluding diaryl/α,β-unsaturated/α-hetero) is 1. The van der Waals surface area contributed by atoms with E-state index in [1.54, 1.807) is 6.92 Å². The molecule has 2 aliphatic carbocycles. The molecule has 0 aromatic rings. The van der Waals surface area contributed by atoms with E-state index in [9.17, 15) is 24.6 Å². The molecule has 4 aliphatic rings. The summed E-state index contributed by atoms with van der Waals surface area (Å²) in [6.45, 7) is 7.20. The molecule has 2 saturated carbocycles. The van der Waals surface area contributed by atoms with Gasteiger partial charge in [-0.25, -0.2) is 0 Å². The van der Waals surface area contributed by atoms with Crippen LogP contribution in [0.2, 0.25) is 0 Å². The highest BCUT2D eigenvalue weighted by molar-refractivity contribution is 5.89. The van der Waals surface area contributed by atoms with Crippen molar-refractivity contribution in [3.05, 3.63) is 0 Å². The van der Waals surface area contributed by atoms with Gasteiger partial charge >= 0.3 is 11.9 Å². The van der Waals surface area contributed by atoms with Crippen molar-refractivity contribution in [3.8, 4) is 0 Å². The van der Waals surface area contributed by atoms with Crippen molar-refractivity contribution >= 4 is 17.7 Å². The molecule has 33 heavy (non-hydrogen) atoms. The fraction of sp³-hybridized carbons (Fsp3) is 0.875. The fourth-order valence-corrected chi connectivity index (χ4v) is 6.99. The number of ketones is 1. The van der Waals surface area contributed by atoms with Gasteiger partial charge in [0.25, 0.3) is 0 Å². The number of hydrogen-bond acceptors (Lipinski definition) is 9. The summed E-state index contributed by atoms with van der Waals surface area (Å²) < 4.78 is 22.4. The first-order valence-corrected chi connectivity index (χ1v) is 11.9. The number of fused-ring (bicyclic) bond motifs is 2. The summed E-state index contributed by atoms with van der Waals surface area (Å²) >= 11 is 0. The summed E-state index contributed by atoms with van der Waals surface area (Å²) in [6, 6.07) is 0. The van der Waals surface area contributed by atoms with E-state index in [1.807, 2.05) is 6.92 Å². The molecule has 0 amide bonds. The van der Waals surface area contributed by atoms with Gasteiger partial charge in [-0.3, -0.25) is 14.4 Å². The number of ether oxygens (including phenoxy) is 4. The lowest BCUT2D eigenvalue weighted by Gasteiger charge is -2.67. The highest BCUT2D eigenvalue weighted by atomic mass is 16.6. The van der Waals surface area contributed by atoms with Crippen LogP contribution in [0.1, 0.15) is 59.8 Å².